The van der Waals surface area contributed by atoms with E-state index < -0.39 is 0 Å². The van der Waals surface area contributed by atoms with E-state index in [2.05, 4.69) is 53.1 Å². The number of benzene rings is 1. The van der Waals surface area contributed by atoms with Crippen LogP contribution in [0.4, 0.5) is 0 Å². The zero-order valence-electron chi connectivity index (χ0n) is 11.5. The van der Waals surface area contributed by atoms with Gasteiger partial charge >= 0.3 is 0 Å². The van der Waals surface area contributed by atoms with Crippen molar-refractivity contribution in [2.75, 3.05) is 6.54 Å². The number of hydrogen-bond donors (Lipinski definition) is 1. The molecule has 0 saturated carbocycles. The zero-order valence-corrected chi connectivity index (χ0v) is 13.1. The minimum atomic E-state index is 0.144. The molecule has 19 heavy (non-hydrogen) atoms. The van der Waals surface area contributed by atoms with Crippen LogP contribution < -0.4 is 5.32 Å². The summed E-state index contributed by atoms with van der Waals surface area (Å²) in [5, 5.41) is 3.37. The van der Waals surface area contributed by atoms with Gasteiger partial charge in [-0.05, 0) is 44.5 Å². The molecule has 3 nitrogen and oxygen atoms in total. The number of nitrogens with one attached hydrogen (secondary N) is 1. The number of oxazole rings is 1. The molecular formula is C15H19BrN2O. The molecule has 2 aromatic rings. The molecule has 0 amide bonds. The largest absolute Gasteiger partial charge is 0.439 e. The molecule has 0 fully saturated rings. The number of aromatic nitrogens is 1. The number of aryl methyl sites for hydroxylation is 1. The average Bonchev–Trinajstić information content (AvgIpc) is 2.89. The molecular weight excluding hydrogens is 304 g/mol. The highest BCUT2D eigenvalue weighted by Crippen LogP contribution is 2.26. The highest BCUT2D eigenvalue weighted by atomic mass is 79.9. The highest BCUT2D eigenvalue weighted by molar-refractivity contribution is 9.10. The SMILES string of the molecule is CCCNC(C)c1ncc(-c2ccc(Br)c(C)c2)o1. The fourth-order valence-corrected chi connectivity index (χ4v) is 2.11. The van der Waals surface area contributed by atoms with Gasteiger partial charge in [-0.1, -0.05) is 28.9 Å². The summed E-state index contributed by atoms with van der Waals surface area (Å²) in [6.45, 7) is 7.25. The molecule has 1 aromatic heterocycles. The predicted molar refractivity (Wildman–Crippen MR) is 81.1 cm³/mol. The van der Waals surface area contributed by atoms with Gasteiger partial charge in [-0.15, -0.1) is 0 Å². The molecule has 1 unspecified atom stereocenters. The van der Waals surface area contributed by atoms with Crippen molar-refractivity contribution in [3.63, 3.8) is 0 Å². The van der Waals surface area contributed by atoms with Crippen LogP contribution in [-0.2, 0) is 0 Å². The molecule has 0 aliphatic rings. The lowest BCUT2D eigenvalue weighted by molar-refractivity contribution is 0.423. The van der Waals surface area contributed by atoms with Crippen molar-refractivity contribution in [3.05, 3.63) is 40.3 Å². The maximum absolute atomic E-state index is 5.83. The Morgan fingerprint density at radius 2 is 2.21 bits per heavy atom. The number of halogens is 1. The summed E-state index contributed by atoms with van der Waals surface area (Å²) >= 11 is 3.50. The molecule has 0 saturated heterocycles. The van der Waals surface area contributed by atoms with Crippen molar-refractivity contribution in [1.29, 1.82) is 0 Å². The van der Waals surface area contributed by atoms with Crippen LogP contribution in [-0.4, -0.2) is 11.5 Å². The van der Waals surface area contributed by atoms with Gasteiger partial charge in [0.05, 0.1) is 12.2 Å². The number of rotatable bonds is 5. The van der Waals surface area contributed by atoms with Crippen molar-refractivity contribution in [3.8, 4) is 11.3 Å². The van der Waals surface area contributed by atoms with Crippen LogP contribution in [0.2, 0.25) is 0 Å². The summed E-state index contributed by atoms with van der Waals surface area (Å²) in [4.78, 5) is 4.36. The van der Waals surface area contributed by atoms with E-state index in [1.54, 1.807) is 6.20 Å². The molecule has 1 heterocycles. The van der Waals surface area contributed by atoms with Gasteiger partial charge in [0.15, 0.2) is 5.76 Å². The first kappa shape index (κ1) is 14.3. The number of nitrogens with zero attached hydrogens (tertiary/aromatic N) is 1. The van der Waals surface area contributed by atoms with Gasteiger partial charge < -0.3 is 9.73 Å². The van der Waals surface area contributed by atoms with Gasteiger partial charge in [0.2, 0.25) is 5.89 Å². The van der Waals surface area contributed by atoms with E-state index in [1.165, 1.54) is 5.56 Å². The molecule has 0 bridgehead atoms. The Morgan fingerprint density at radius 3 is 2.89 bits per heavy atom. The second kappa shape index (κ2) is 6.35. The zero-order chi connectivity index (χ0) is 13.8. The Labute approximate surface area is 122 Å². The fourth-order valence-electron chi connectivity index (χ4n) is 1.87. The van der Waals surface area contributed by atoms with Crippen LogP contribution in [0.5, 0.6) is 0 Å². The molecule has 0 aliphatic heterocycles. The van der Waals surface area contributed by atoms with Crippen molar-refractivity contribution in [2.45, 2.75) is 33.2 Å². The first-order valence-electron chi connectivity index (χ1n) is 6.57. The minimum Gasteiger partial charge on any atom is -0.439 e. The first-order chi connectivity index (χ1) is 9.11. The Morgan fingerprint density at radius 1 is 1.42 bits per heavy atom. The van der Waals surface area contributed by atoms with Gasteiger partial charge in [0.25, 0.3) is 0 Å². The van der Waals surface area contributed by atoms with Crippen LogP contribution in [0.3, 0.4) is 0 Å². The summed E-state index contributed by atoms with van der Waals surface area (Å²) in [6.07, 6.45) is 2.89. The Kier molecular flexibility index (Phi) is 4.77. The lowest BCUT2D eigenvalue weighted by Gasteiger charge is -2.08. The molecule has 102 valence electrons. The van der Waals surface area contributed by atoms with Gasteiger partial charge in [0, 0.05) is 10.0 Å². The summed E-state index contributed by atoms with van der Waals surface area (Å²) in [5.74, 6) is 1.56. The van der Waals surface area contributed by atoms with E-state index in [1.807, 2.05) is 12.1 Å². The lowest BCUT2D eigenvalue weighted by atomic mass is 10.1. The molecule has 0 aliphatic carbocycles. The van der Waals surface area contributed by atoms with Gasteiger partial charge in [-0.25, -0.2) is 4.98 Å². The maximum atomic E-state index is 5.83. The van der Waals surface area contributed by atoms with E-state index in [4.69, 9.17) is 4.42 Å². The van der Waals surface area contributed by atoms with Gasteiger partial charge in [0.1, 0.15) is 0 Å². The molecule has 1 atom stereocenters. The third kappa shape index (κ3) is 3.45. The molecule has 0 radical (unpaired) electrons. The molecule has 0 spiro atoms. The minimum absolute atomic E-state index is 0.144. The first-order valence-corrected chi connectivity index (χ1v) is 7.36. The quantitative estimate of drug-likeness (QED) is 0.882. The molecule has 1 N–H and O–H groups in total. The van der Waals surface area contributed by atoms with Crippen LogP contribution in [0.25, 0.3) is 11.3 Å². The molecule has 2 rings (SSSR count). The lowest BCUT2D eigenvalue weighted by Crippen LogP contribution is -2.19. The fraction of sp³-hybridized carbons (Fsp3) is 0.400. The molecule has 1 aromatic carbocycles. The van der Waals surface area contributed by atoms with Crippen molar-refractivity contribution in [2.24, 2.45) is 0 Å². The summed E-state index contributed by atoms with van der Waals surface area (Å²) in [7, 11) is 0. The highest BCUT2D eigenvalue weighted by Gasteiger charge is 2.12. The maximum Gasteiger partial charge on any atom is 0.211 e. The van der Waals surface area contributed by atoms with Crippen molar-refractivity contribution >= 4 is 15.9 Å². The third-order valence-corrected chi connectivity index (χ3v) is 3.93. The van der Waals surface area contributed by atoms with E-state index in [9.17, 15) is 0 Å². The summed E-state index contributed by atoms with van der Waals surface area (Å²) in [5.41, 5.74) is 2.25. The standard InChI is InChI=1S/C15H19BrN2O/c1-4-7-17-11(3)15-18-9-14(19-15)12-5-6-13(16)10(2)8-12/h5-6,8-9,11,17H,4,7H2,1-3H3. The van der Waals surface area contributed by atoms with Crippen molar-refractivity contribution in [1.82, 2.24) is 10.3 Å². The van der Waals surface area contributed by atoms with E-state index in [-0.39, 0.29) is 6.04 Å². The monoisotopic (exact) mass is 322 g/mol. The summed E-state index contributed by atoms with van der Waals surface area (Å²) in [6, 6.07) is 6.31. The second-order valence-electron chi connectivity index (χ2n) is 4.70. The predicted octanol–water partition coefficient (Wildman–Crippen LogP) is 4.47. The van der Waals surface area contributed by atoms with Gasteiger partial charge in [-0.3, -0.25) is 0 Å². The smallest absolute Gasteiger partial charge is 0.211 e. The summed E-state index contributed by atoms with van der Waals surface area (Å²) < 4.78 is 6.94. The third-order valence-electron chi connectivity index (χ3n) is 3.04. The normalized spacial score (nSPS) is 12.6. The number of hydrogen-bond acceptors (Lipinski definition) is 3. The van der Waals surface area contributed by atoms with Crippen LogP contribution in [0, 0.1) is 6.92 Å². The van der Waals surface area contributed by atoms with Crippen molar-refractivity contribution < 1.29 is 4.42 Å². The Balaban J connectivity index is 2.18. The van der Waals surface area contributed by atoms with Crippen LogP contribution in [0.1, 0.15) is 37.8 Å². The van der Waals surface area contributed by atoms with Crippen LogP contribution >= 0.6 is 15.9 Å². The van der Waals surface area contributed by atoms with E-state index in [0.717, 1.165) is 34.7 Å². The Hall–Kier alpha value is -1.13. The van der Waals surface area contributed by atoms with Crippen LogP contribution in [0.15, 0.2) is 33.3 Å². The topological polar surface area (TPSA) is 38.1 Å². The van der Waals surface area contributed by atoms with E-state index >= 15 is 0 Å². The molecule has 4 heteroatoms. The Bertz CT molecular complexity index is 551. The van der Waals surface area contributed by atoms with Gasteiger partial charge in [-0.2, -0.15) is 0 Å². The van der Waals surface area contributed by atoms with E-state index in [0.29, 0.717) is 0 Å². The second-order valence-corrected chi connectivity index (χ2v) is 5.56. The average molecular weight is 323 g/mol.